The van der Waals surface area contributed by atoms with Crippen LogP contribution in [0.2, 0.25) is 0 Å². The van der Waals surface area contributed by atoms with Crippen LogP contribution in [0.25, 0.3) is 16.4 Å². The molecule has 0 spiro atoms. The number of aryl methyl sites for hydroxylation is 1. The lowest BCUT2D eigenvalue weighted by Gasteiger charge is -2.06. The van der Waals surface area contributed by atoms with Crippen molar-refractivity contribution in [1.82, 2.24) is 18.9 Å². The molecule has 0 saturated heterocycles. The second kappa shape index (κ2) is 5.13. The van der Waals surface area contributed by atoms with Crippen molar-refractivity contribution in [1.29, 1.82) is 0 Å². The SMILES string of the molecule is Cc1nc2ccc(C(=O)c3ncc4ccccn34)cc2c(=O)n1C. The summed E-state index contributed by atoms with van der Waals surface area (Å²) in [6, 6.07) is 10.6. The zero-order valence-corrected chi connectivity index (χ0v) is 13.2. The van der Waals surface area contributed by atoms with Gasteiger partial charge in [-0.15, -0.1) is 0 Å². The first-order chi connectivity index (χ1) is 11.6. The summed E-state index contributed by atoms with van der Waals surface area (Å²) in [7, 11) is 1.67. The number of rotatable bonds is 2. The predicted octanol–water partition coefficient (Wildman–Crippen LogP) is 2.12. The number of ketones is 1. The van der Waals surface area contributed by atoms with Crippen LogP contribution in [-0.2, 0) is 7.05 Å². The van der Waals surface area contributed by atoms with Gasteiger partial charge in [0.25, 0.3) is 5.56 Å². The summed E-state index contributed by atoms with van der Waals surface area (Å²) < 4.78 is 3.21. The molecule has 0 bridgehead atoms. The molecular weight excluding hydrogens is 304 g/mol. The van der Waals surface area contributed by atoms with Crippen LogP contribution in [0, 0.1) is 6.92 Å². The lowest BCUT2D eigenvalue weighted by atomic mass is 10.1. The average Bonchev–Trinajstić information content (AvgIpc) is 3.03. The zero-order chi connectivity index (χ0) is 16.8. The normalized spacial score (nSPS) is 11.2. The van der Waals surface area contributed by atoms with Crippen LogP contribution in [0.1, 0.15) is 22.0 Å². The van der Waals surface area contributed by atoms with Gasteiger partial charge in [0.05, 0.1) is 22.6 Å². The van der Waals surface area contributed by atoms with Gasteiger partial charge in [0, 0.05) is 18.8 Å². The van der Waals surface area contributed by atoms with Crippen molar-refractivity contribution in [2.24, 2.45) is 7.05 Å². The average molecular weight is 318 g/mol. The number of imidazole rings is 1. The van der Waals surface area contributed by atoms with E-state index in [1.807, 2.05) is 18.2 Å². The molecule has 0 unspecified atom stereocenters. The maximum absolute atomic E-state index is 12.8. The number of fused-ring (bicyclic) bond motifs is 2. The molecule has 3 aromatic heterocycles. The van der Waals surface area contributed by atoms with Gasteiger partial charge in [-0.2, -0.15) is 0 Å². The first-order valence-electron chi connectivity index (χ1n) is 7.50. The molecule has 0 fully saturated rings. The minimum atomic E-state index is -0.231. The highest BCUT2D eigenvalue weighted by molar-refractivity contribution is 6.08. The quantitative estimate of drug-likeness (QED) is 0.531. The number of carbonyl (C=O) groups is 1. The minimum absolute atomic E-state index is 0.167. The number of benzene rings is 1. The maximum Gasteiger partial charge on any atom is 0.261 e. The van der Waals surface area contributed by atoms with Crippen molar-refractivity contribution in [3.8, 4) is 0 Å². The van der Waals surface area contributed by atoms with Crippen molar-refractivity contribution in [3.63, 3.8) is 0 Å². The largest absolute Gasteiger partial charge is 0.299 e. The summed E-state index contributed by atoms with van der Waals surface area (Å²) in [5.41, 5.74) is 1.68. The first-order valence-corrected chi connectivity index (χ1v) is 7.50. The predicted molar refractivity (Wildman–Crippen MR) is 90.3 cm³/mol. The van der Waals surface area contributed by atoms with E-state index in [9.17, 15) is 9.59 Å². The van der Waals surface area contributed by atoms with Gasteiger partial charge in [0.2, 0.25) is 5.78 Å². The van der Waals surface area contributed by atoms with Crippen LogP contribution in [0.5, 0.6) is 0 Å². The molecule has 6 nitrogen and oxygen atoms in total. The van der Waals surface area contributed by atoms with Gasteiger partial charge >= 0.3 is 0 Å². The fraction of sp³-hybridized carbons (Fsp3) is 0.111. The van der Waals surface area contributed by atoms with E-state index in [0.29, 0.717) is 28.1 Å². The molecule has 1 aromatic carbocycles. The van der Waals surface area contributed by atoms with Gasteiger partial charge in [-0.3, -0.25) is 18.6 Å². The monoisotopic (exact) mass is 318 g/mol. The Morgan fingerprint density at radius 2 is 2.00 bits per heavy atom. The standard InChI is InChI=1S/C18H14N4O2/c1-11-20-15-7-6-12(9-14(15)18(24)21(11)2)16(23)17-19-10-13-5-3-4-8-22(13)17/h3-10H,1-2H3. The third-order valence-corrected chi connectivity index (χ3v) is 4.20. The third-order valence-electron chi connectivity index (χ3n) is 4.20. The summed E-state index contributed by atoms with van der Waals surface area (Å²) in [5.74, 6) is 0.721. The summed E-state index contributed by atoms with van der Waals surface area (Å²) >= 11 is 0. The van der Waals surface area contributed by atoms with Crippen LogP contribution >= 0.6 is 0 Å². The van der Waals surface area contributed by atoms with E-state index in [2.05, 4.69) is 9.97 Å². The van der Waals surface area contributed by atoms with Crippen LogP contribution in [0.15, 0.2) is 53.6 Å². The Bertz CT molecular complexity index is 1170. The van der Waals surface area contributed by atoms with Crippen molar-refractivity contribution in [2.75, 3.05) is 0 Å². The first kappa shape index (κ1) is 14.3. The lowest BCUT2D eigenvalue weighted by molar-refractivity contribution is 0.102. The van der Waals surface area contributed by atoms with E-state index in [0.717, 1.165) is 5.52 Å². The molecule has 0 aliphatic heterocycles. The molecule has 0 N–H and O–H groups in total. The second-order valence-corrected chi connectivity index (χ2v) is 5.66. The maximum atomic E-state index is 12.8. The molecule has 0 saturated carbocycles. The molecule has 0 atom stereocenters. The Morgan fingerprint density at radius 1 is 1.17 bits per heavy atom. The smallest absolute Gasteiger partial charge is 0.261 e. The topological polar surface area (TPSA) is 69.3 Å². The molecule has 24 heavy (non-hydrogen) atoms. The number of nitrogens with zero attached hydrogens (tertiary/aromatic N) is 4. The number of pyridine rings is 1. The lowest BCUT2D eigenvalue weighted by Crippen LogP contribution is -2.21. The van der Waals surface area contributed by atoms with Crippen LogP contribution in [-0.4, -0.2) is 24.7 Å². The van der Waals surface area contributed by atoms with E-state index in [1.165, 1.54) is 4.57 Å². The Balaban J connectivity index is 1.90. The second-order valence-electron chi connectivity index (χ2n) is 5.66. The van der Waals surface area contributed by atoms with E-state index in [-0.39, 0.29) is 11.3 Å². The fourth-order valence-corrected chi connectivity index (χ4v) is 2.76. The van der Waals surface area contributed by atoms with Gasteiger partial charge in [0.15, 0.2) is 5.82 Å². The van der Waals surface area contributed by atoms with E-state index in [4.69, 9.17) is 0 Å². The molecule has 4 rings (SSSR count). The molecule has 0 aliphatic carbocycles. The van der Waals surface area contributed by atoms with Crippen molar-refractivity contribution >= 4 is 22.2 Å². The highest BCUT2D eigenvalue weighted by atomic mass is 16.1. The van der Waals surface area contributed by atoms with Crippen molar-refractivity contribution in [3.05, 3.63) is 76.4 Å². The Kier molecular flexibility index (Phi) is 3.06. The zero-order valence-electron chi connectivity index (χ0n) is 13.2. The van der Waals surface area contributed by atoms with Crippen LogP contribution in [0.3, 0.4) is 0 Å². The Labute approximate surface area is 137 Å². The van der Waals surface area contributed by atoms with Gasteiger partial charge in [-0.05, 0) is 37.3 Å². The van der Waals surface area contributed by atoms with E-state index in [1.54, 1.807) is 49.0 Å². The van der Waals surface area contributed by atoms with Gasteiger partial charge < -0.3 is 0 Å². The van der Waals surface area contributed by atoms with Gasteiger partial charge in [0.1, 0.15) is 5.82 Å². The highest BCUT2D eigenvalue weighted by Crippen LogP contribution is 2.16. The number of aromatic nitrogens is 4. The van der Waals surface area contributed by atoms with Crippen molar-refractivity contribution in [2.45, 2.75) is 6.92 Å². The minimum Gasteiger partial charge on any atom is -0.299 e. The molecule has 6 heteroatoms. The molecule has 4 aromatic rings. The Morgan fingerprint density at radius 3 is 2.83 bits per heavy atom. The third kappa shape index (κ3) is 2.04. The molecule has 0 aliphatic rings. The van der Waals surface area contributed by atoms with Gasteiger partial charge in [-0.1, -0.05) is 6.07 Å². The fourth-order valence-electron chi connectivity index (χ4n) is 2.76. The summed E-state index contributed by atoms with van der Waals surface area (Å²) in [5, 5.41) is 0.426. The number of carbonyl (C=O) groups excluding carboxylic acids is 1. The number of hydrogen-bond acceptors (Lipinski definition) is 4. The summed E-state index contributed by atoms with van der Waals surface area (Å²) in [6.07, 6.45) is 3.44. The molecule has 118 valence electrons. The summed E-state index contributed by atoms with van der Waals surface area (Å²) in [4.78, 5) is 33.8. The summed E-state index contributed by atoms with van der Waals surface area (Å²) in [6.45, 7) is 1.77. The molecule has 3 heterocycles. The number of hydrogen-bond donors (Lipinski definition) is 0. The van der Waals surface area contributed by atoms with Gasteiger partial charge in [-0.25, -0.2) is 9.97 Å². The van der Waals surface area contributed by atoms with E-state index < -0.39 is 0 Å². The van der Waals surface area contributed by atoms with Crippen LogP contribution < -0.4 is 5.56 Å². The molecular formula is C18H14N4O2. The highest BCUT2D eigenvalue weighted by Gasteiger charge is 2.16. The van der Waals surface area contributed by atoms with Crippen LogP contribution in [0.4, 0.5) is 0 Å². The molecule has 0 radical (unpaired) electrons. The van der Waals surface area contributed by atoms with Crippen molar-refractivity contribution < 1.29 is 4.79 Å². The molecule has 0 amide bonds. The van der Waals surface area contributed by atoms with E-state index >= 15 is 0 Å². The Hall–Kier alpha value is -3.28.